The van der Waals surface area contributed by atoms with Crippen molar-refractivity contribution in [3.05, 3.63) is 65.2 Å². The lowest BCUT2D eigenvalue weighted by molar-refractivity contribution is 0.0939. The van der Waals surface area contributed by atoms with Gasteiger partial charge in [-0.3, -0.25) is 4.79 Å². The lowest BCUT2D eigenvalue weighted by Gasteiger charge is -2.20. The van der Waals surface area contributed by atoms with Crippen molar-refractivity contribution in [1.82, 2.24) is 10.2 Å². The second kappa shape index (κ2) is 10.5. The summed E-state index contributed by atoms with van der Waals surface area (Å²) in [5.74, 6) is -0.135. The Bertz CT molecular complexity index is 786. The second-order valence-electron chi connectivity index (χ2n) is 6.55. The van der Waals surface area contributed by atoms with Gasteiger partial charge in [-0.05, 0) is 56.2 Å². The van der Waals surface area contributed by atoms with Crippen LogP contribution in [0.4, 0.5) is 10.5 Å². The van der Waals surface area contributed by atoms with Crippen LogP contribution in [0.2, 0.25) is 0 Å². The topological polar surface area (TPSA) is 70.7 Å². The molecule has 0 bridgehead atoms. The Kier molecular flexibility index (Phi) is 8.02. The average Bonchev–Trinajstić information content (AvgIpc) is 2.70. The minimum atomic E-state index is -0.161. The first-order valence-electron chi connectivity index (χ1n) is 9.53. The zero-order valence-electron chi connectivity index (χ0n) is 17.0. The maximum atomic E-state index is 12.5. The SMILES string of the molecule is CCN(CC)C(=O)Nc1ccc([C@@H](C)NC(=O)c2cccc(COC)c2)cc1. The molecule has 150 valence electrons. The fourth-order valence-corrected chi connectivity index (χ4v) is 2.90. The van der Waals surface area contributed by atoms with E-state index in [1.54, 1.807) is 18.1 Å². The van der Waals surface area contributed by atoms with E-state index in [-0.39, 0.29) is 18.0 Å². The van der Waals surface area contributed by atoms with Crippen LogP contribution < -0.4 is 10.6 Å². The number of methoxy groups -OCH3 is 1. The van der Waals surface area contributed by atoms with Crippen molar-refractivity contribution in [1.29, 1.82) is 0 Å². The third kappa shape index (κ3) is 5.82. The van der Waals surface area contributed by atoms with E-state index in [9.17, 15) is 9.59 Å². The van der Waals surface area contributed by atoms with Crippen LogP contribution in [0.3, 0.4) is 0 Å². The summed E-state index contributed by atoms with van der Waals surface area (Å²) in [7, 11) is 1.63. The van der Waals surface area contributed by atoms with E-state index >= 15 is 0 Å². The Hall–Kier alpha value is -2.86. The van der Waals surface area contributed by atoms with Gasteiger partial charge in [-0.15, -0.1) is 0 Å². The highest BCUT2D eigenvalue weighted by molar-refractivity contribution is 5.94. The van der Waals surface area contributed by atoms with Crippen LogP contribution in [-0.2, 0) is 11.3 Å². The zero-order chi connectivity index (χ0) is 20.5. The van der Waals surface area contributed by atoms with Gasteiger partial charge in [0.2, 0.25) is 0 Å². The summed E-state index contributed by atoms with van der Waals surface area (Å²) in [6.45, 7) is 7.62. The van der Waals surface area contributed by atoms with Gasteiger partial charge in [-0.2, -0.15) is 0 Å². The summed E-state index contributed by atoms with van der Waals surface area (Å²) >= 11 is 0. The molecule has 28 heavy (non-hydrogen) atoms. The average molecular weight is 383 g/mol. The summed E-state index contributed by atoms with van der Waals surface area (Å²) in [5, 5.41) is 5.89. The van der Waals surface area contributed by atoms with Gasteiger partial charge in [0.25, 0.3) is 5.91 Å². The molecule has 0 saturated heterocycles. The van der Waals surface area contributed by atoms with Crippen LogP contribution in [0.25, 0.3) is 0 Å². The molecule has 0 spiro atoms. The zero-order valence-corrected chi connectivity index (χ0v) is 17.0. The van der Waals surface area contributed by atoms with Gasteiger partial charge in [0.1, 0.15) is 0 Å². The van der Waals surface area contributed by atoms with Crippen LogP contribution in [0.15, 0.2) is 48.5 Å². The lowest BCUT2D eigenvalue weighted by Crippen LogP contribution is -2.34. The molecule has 3 amide bonds. The molecular formula is C22H29N3O3. The molecule has 0 heterocycles. The number of benzene rings is 2. The number of nitrogens with one attached hydrogen (secondary N) is 2. The van der Waals surface area contributed by atoms with E-state index in [0.717, 1.165) is 16.8 Å². The third-order valence-electron chi connectivity index (χ3n) is 4.56. The van der Waals surface area contributed by atoms with E-state index in [1.807, 2.05) is 63.2 Å². The molecule has 0 unspecified atom stereocenters. The summed E-state index contributed by atoms with van der Waals surface area (Å²) < 4.78 is 5.12. The quantitative estimate of drug-likeness (QED) is 0.718. The first-order valence-corrected chi connectivity index (χ1v) is 9.53. The largest absolute Gasteiger partial charge is 0.380 e. The van der Waals surface area contributed by atoms with Gasteiger partial charge >= 0.3 is 6.03 Å². The maximum Gasteiger partial charge on any atom is 0.321 e. The Morgan fingerprint density at radius 3 is 2.36 bits per heavy atom. The smallest absolute Gasteiger partial charge is 0.321 e. The van der Waals surface area contributed by atoms with Crippen molar-refractivity contribution in [3.8, 4) is 0 Å². The molecule has 0 saturated carbocycles. The molecule has 0 aliphatic carbocycles. The van der Waals surface area contributed by atoms with Crippen molar-refractivity contribution >= 4 is 17.6 Å². The number of hydrogen-bond donors (Lipinski definition) is 2. The van der Waals surface area contributed by atoms with Crippen molar-refractivity contribution in [2.75, 3.05) is 25.5 Å². The van der Waals surface area contributed by atoms with E-state index in [2.05, 4.69) is 10.6 Å². The molecule has 6 nitrogen and oxygen atoms in total. The molecule has 0 fully saturated rings. The highest BCUT2D eigenvalue weighted by atomic mass is 16.5. The molecule has 0 aromatic heterocycles. The van der Waals surface area contributed by atoms with Crippen LogP contribution in [0.1, 0.15) is 48.3 Å². The van der Waals surface area contributed by atoms with Crippen molar-refractivity contribution in [3.63, 3.8) is 0 Å². The highest BCUT2D eigenvalue weighted by Gasteiger charge is 2.13. The maximum absolute atomic E-state index is 12.5. The molecule has 0 aliphatic rings. The molecule has 2 aromatic carbocycles. The molecule has 1 atom stereocenters. The fourth-order valence-electron chi connectivity index (χ4n) is 2.90. The standard InChI is InChI=1S/C22H29N3O3/c1-5-25(6-2)22(27)24-20-12-10-18(11-13-20)16(3)23-21(26)19-9-7-8-17(14-19)15-28-4/h7-14,16H,5-6,15H2,1-4H3,(H,23,26)(H,24,27)/t16-/m1/s1. The second-order valence-corrected chi connectivity index (χ2v) is 6.55. The number of anilines is 1. The molecular weight excluding hydrogens is 354 g/mol. The van der Waals surface area contributed by atoms with Gasteiger partial charge in [-0.1, -0.05) is 24.3 Å². The third-order valence-corrected chi connectivity index (χ3v) is 4.56. The Balaban J connectivity index is 1.99. The summed E-state index contributed by atoms with van der Waals surface area (Å²) in [5.41, 5.74) is 3.24. The van der Waals surface area contributed by atoms with Crippen LogP contribution in [0, 0.1) is 0 Å². The molecule has 2 rings (SSSR count). The number of ether oxygens (including phenoxy) is 1. The molecule has 2 N–H and O–H groups in total. The molecule has 2 aromatic rings. The van der Waals surface area contributed by atoms with Gasteiger partial charge in [0.15, 0.2) is 0 Å². The molecule has 0 radical (unpaired) electrons. The van der Waals surface area contributed by atoms with E-state index in [0.29, 0.717) is 25.3 Å². The number of carbonyl (C=O) groups is 2. The Morgan fingerprint density at radius 2 is 1.75 bits per heavy atom. The van der Waals surface area contributed by atoms with E-state index in [1.165, 1.54) is 0 Å². The van der Waals surface area contributed by atoms with Crippen LogP contribution in [0.5, 0.6) is 0 Å². The van der Waals surface area contributed by atoms with Crippen molar-refractivity contribution in [2.24, 2.45) is 0 Å². The summed E-state index contributed by atoms with van der Waals surface area (Å²) in [6.07, 6.45) is 0. The Morgan fingerprint density at radius 1 is 1.07 bits per heavy atom. The fraction of sp³-hybridized carbons (Fsp3) is 0.364. The van der Waals surface area contributed by atoms with Gasteiger partial charge in [-0.25, -0.2) is 4.79 Å². The number of carbonyl (C=O) groups excluding carboxylic acids is 2. The minimum Gasteiger partial charge on any atom is -0.380 e. The molecule has 0 aliphatic heterocycles. The predicted octanol–water partition coefficient (Wildman–Crippen LogP) is 4.20. The summed E-state index contributed by atoms with van der Waals surface area (Å²) in [6, 6.07) is 14.6. The van der Waals surface area contributed by atoms with Crippen molar-refractivity contribution < 1.29 is 14.3 Å². The normalized spacial score (nSPS) is 11.6. The van der Waals surface area contributed by atoms with E-state index in [4.69, 9.17) is 4.74 Å². The van der Waals surface area contributed by atoms with E-state index < -0.39 is 0 Å². The number of rotatable bonds is 8. The van der Waals surface area contributed by atoms with Gasteiger partial charge in [0, 0.05) is 31.5 Å². The van der Waals surface area contributed by atoms with Crippen LogP contribution >= 0.6 is 0 Å². The number of amides is 3. The minimum absolute atomic E-state index is 0.116. The number of hydrogen-bond acceptors (Lipinski definition) is 3. The predicted molar refractivity (Wildman–Crippen MR) is 111 cm³/mol. The lowest BCUT2D eigenvalue weighted by atomic mass is 10.1. The van der Waals surface area contributed by atoms with Crippen LogP contribution in [-0.4, -0.2) is 37.0 Å². The van der Waals surface area contributed by atoms with Gasteiger partial charge in [0.05, 0.1) is 12.6 Å². The van der Waals surface area contributed by atoms with Gasteiger partial charge < -0.3 is 20.3 Å². The number of urea groups is 1. The monoisotopic (exact) mass is 383 g/mol. The highest BCUT2D eigenvalue weighted by Crippen LogP contribution is 2.17. The number of nitrogens with zero attached hydrogens (tertiary/aromatic N) is 1. The Labute approximate surface area is 166 Å². The molecule has 6 heteroatoms. The van der Waals surface area contributed by atoms with Crippen molar-refractivity contribution in [2.45, 2.75) is 33.4 Å². The first-order chi connectivity index (χ1) is 13.5. The summed E-state index contributed by atoms with van der Waals surface area (Å²) in [4.78, 5) is 26.4. The first kappa shape index (κ1) is 21.4.